The van der Waals surface area contributed by atoms with Gasteiger partial charge in [0.2, 0.25) is 11.4 Å². The van der Waals surface area contributed by atoms with Gasteiger partial charge in [0.1, 0.15) is 57.7 Å². The lowest BCUT2D eigenvalue weighted by molar-refractivity contribution is -0.00128. The molecule has 4 aromatic rings. The van der Waals surface area contributed by atoms with Crippen molar-refractivity contribution in [3.05, 3.63) is 94.5 Å². The second kappa shape index (κ2) is 8.20. The molecule has 0 radical (unpaired) electrons. The molecular weight excluding hydrogens is 520 g/mol. The fourth-order valence-electron chi connectivity index (χ4n) is 5.84. The van der Waals surface area contributed by atoms with E-state index in [1.54, 1.807) is 24.3 Å². The number of aliphatic hydroxyl groups is 1. The van der Waals surface area contributed by atoms with Crippen LogP contribution in [0.3, 0.4) is 0 Å². The number of benzene rings is 4. The zero-order chi connectivity index (χ0) is 27.9. The fourth-order valence-corrected chi connectivity index (χ4v) is 5.84. The molecule has 7 rings (SSSR count). The van der Waals surface area contributed by atoms with Crippen LogP contribution in [0.1, 0.15) is 44.8 Å². The zero-order valence-electron chi connectivity index (χ0n) is 20.6. The van der Waals surface area contributed by atoms with Gasteiger partial charge in [0, 0.05) is 30.2 Å². The number of phenols is 5. The van der Waals surface area contributed by atoms with Crippen molar-refractivity contribution >= 4 is 5.78 Å². The normalized spacial score (nSPS) is 24.0. The monoisotopic (exact) mass is 542 g/mol. The van der Waals surface area contributed by atoms with Gasteiger partial charge in [-0.25, -0.2) is 0 Å². The Morgan fingerprint density at radius 3 is 2.05 bits per heavy atom. The molecule has 0 amide bonds. The molecule has 0 bridgehead atoms. The highest BCUT2D eigenvalue weighted by molar-refractivity contribution is 6.12. The van der Waals surface area contributed by atoms with Crippen LogP contribution < -0.4 is 14.2 Å². The largest absolute Gasteiger partial charge is 0.508 e. The summed E-state index contributed by atoms with van der Waals surface area (Å²) in [5, 5.41) is 62.3. The number of Topliss-reactive ketones (excluding diaryl/α,β-unsaturated/α-hetero) is 1. The minimum Gasteiger partial charge on any atom is -0.508 e. The molecule has 3 aliphatic rings. The third-order valence-corrected chi connectivity index (χ3v) is 7.64. The Kier molecular flexibility index (Phi) is 4.92. The SMILES string of the molecule is O=C1c2c(O)cc(O)cc2O[C@]12c1c(cc(O)c3c1O[C@H](c1ccc(O)cc1)C(O)C3)O[C@H]2c1ccc(O)cc1. The number of ketones is 1. The molecule has 0 fully saturated rings. The van der Waals surface area contributed by atoms with E-state index in [9.17, 15) is 35.4 Å². The van der Waals surface area contributed by atoms with Gasteiger partial charge in [-0.1, -0.05) is 24.3 Å². The first-order valence-electron chi connectivity index (χ1n) is 12.5. The van der Waals surface area contributed by atoms with Gasteiger partial charge < -0.3 is 44.8 Å². The van der Waals surface area contributed by atoms with Gasteiger partial charge >= 0.3 is 0 Å². The lowest BCUT2D eigenvalue weighted by Gasteiger charge is -2.35. The quantitative estimate of drug-likeness (QED) is 0.219. The van der Waals surface area contributed by atoms with Crippen molar-refractivity contribution in [1.82, 2.24) is 0 Å². The molecule has 0 saturated heterocycles. The summed E-state index contributed by atoms with van der Waals surface area (Å²) in [6.07, 6.45) is -3.20. The molecule has 0 aliphatic carbocycles. The van der Waals surface area contributed by atoms with Crippen LogP contribution in [-0.4, -0.2) is 42.5 Å². The van der Waals surface area contributed by atoms with E-state index in [1.807, 2.05) is 0 Å². The Labute approximate surface area is 226 Å². The first-order valence-corrected chi connectivity index (χ1v) is 12.5. The van der Waals surface area contributed by atoms with E-state index < -0.39 is 35.4 Å². The molecular formula is C30H22O10. The lowest BCUT2D eigenvalue weighted by Crippen LogP contribution is -2.42. The maximum atomic E-state index is 14.3. The average Bonchev–Trinajstić information content (AvgIpc) is 3.39. The fraction of sp³-hybridized carbons (Fsp3) is 0.167. The molecule has 40 heavy (non-hydrogen) atoms. The molecule has 1 unspecified atom stereocenters. The maximum absolute atomic E-state index is 14.3. The molecule has 10 nitrogen and oxygen atoms in total. The summed E-state index contributed by atoms with van der Waals surface area (Å²) in [6.45, 7) is 0. The van der Waals surface area contributed by atoms with Crippen molar-refractivity contribution in [2.75, 3.05) is 0 Å². The summed E-state index contributed by atoms with van der Waals surface area (Å²) in [4.78, 5) is 14.3. The van der Waals surface area contributed by atoms with Crippen molar-refractivity contribution in [2.45, 2.75) is 30.3 Å². The second-order valence-corrected chi connectivity index (χ2v) is 10.1. The van der Waals surface area contributed by atoms with E-state index in [-0.39, 0.29) is 63.4 Å². The van der Waals surface area contributed by atoms with Gasteiger partial charge in [0.05, 0.1) is 11.7 Å². The lowest BCUT2D eigenvalue weighted by atomic mass is 9.79. The molecule has 4 aromatic carbocycles. The van der Waals surface area contributed by atoms with E-state index in [4.69, 9.17) is 14.2 Å². The van der Waals surface area contributed by atoms with Crippen LogP contribution in [-0.2, 0) is 12.0 Å². The van der Waals surface area contributed by atoms with Crippen molar-refractivity contribution in [1.29, 1.82) is 0 Å². The molecule has 3 heterocycles. The van der Waals surface area contributed by atoms with Crippen LogP contribution >= 0.6 is 0 Å². The Morgan fingerprint density at radius 2 is 1.38 bits per heavy atom. The Balaban J connectivity index is 1.46. The molecule has 3 aliphatic heterocycles. The van der Waals surface area contributed by atoms with Crippen LogP contribution in [0, 0.1) is 0 Å². The number of carbonyl (C=O) groups excluding carboxylic acids is 1. The van der Waals surface area contributed by atoms with Crippen LogP contribution in [0.15, 0.2) is 66.7 Å². The van der Waals surface area contributed by atoms with Crippen molar-refractivity contribution in [2.24, 2.45) is 0 Å². The van der Waals surface area contributed by atoms with Crippen LogP contribution in [0.2, 0.25) is 0 Å². The zero-order valence-corrected chi connectivity index (χ0v) is 20.6. The summed E-state index contributed by atoms with van der Waals surface area (Å²) < 4.78 is 18.9. The van der Waals surface area contributed by atoms with Crippen molar-refractivity contribution in [3.63, 3.8) is 0 Å². The minimum atomic E-state index is -1.96. The van der Waals surface area contributed by atoms with Gasteiger partial charge in [0.25, 0.3) is 0 Å². The first-order chi connectivity index (χ1) is 19.2. The van der Waals surface area contributed by atoms with E-state index in [1.165, 1.54) is 36.4 Å². The van der Waals surface area contributed by atoms with E-state index >= 15 is 0 Å². The van der Waals surface area contributed by atoms with E-state index in [0.717, 1.165) is 6.07 Å². The van der Waals surface area contributed by atoms with Gasteiger partial charge in [-0.05, 0) is 35.4 Å². The number of aliphatic hydroxyl groups excluding tert-OH is 1. The van der Waals surface area contributed by atoms with Gasteiger partial charge in [-0.15, -0.1) is 0 Å². The molecule has 6 N–H and O–H groups in total. The maximum Gasteiger partial charge on any atom is 0.244 e. The molecule has 10 heteroatoms. The van der Waals surface area contributed by atoms with Gasteiger partial charge in [-0.3, -0.25) is 4.79 Å². The number of ether oxygens (including phenoxy) is 3. The molecule has 202 valence electrons. The molecule has 1 spiro atoms. The van der Waals surface area contributed by atoms with Crippen LogP contribution in [0.4, 0.5) is 0 Å². The summed E-state index contributed by atoms with van der Waals surface area (Å²) in [5.41, 5.74) is -0.756. The van der Waals surface area contributed by atoms with E-state index in [0.29, 0.717) is 11.1 Å². The number of hydrogen-bond acceptors (Lipinski definition) is 10. The van der Waals surface area contributed by atoms with Gasteiger partial charge in [-0.2, -0.15) is 0 Å². The first kappa shape index (κ1) is 24.0. The molecule has 0 saturated carbocycles. The predicted octanol–water partition coefficient (Wildman–Crippen LogP) is 3.86. The number of fused-ring (bicyclic) bond motifs is 5. The highest BCUT2D eigenvalue weighted by Crippen LogP contribution is 2.63. The Bertz CT molecular complexity index is 1700. The van der Waals surface area contributed by atoms with Crippen molar-refractivity contribution < 1.29 is 49.6 Å². The smallest absolute Gasteiger partial charge is 0.244 e. The average molecular weight is 542 g/mol. The number of rotatable bonds is 2. The highest BCUT2D eigenvalue weighted by Gasteiger charge is 2.65. The van der Waals surface area contributed by atoms with Crippen LogP contribution in [0.5, 0.6) is 46.0 Å². The van der Waals surface area contributed by atoms with Crippen LogP contribution in [0.25, 0.3) is 0 Å². The molecule has 0 aromatic heterocycles. The summed E-state index contributed by atoms with van der Waals surface area (Å²) in [7, 11) is 0. The van der Waals surface area contributed by atoms with E-state index in [2.05, 4.69) is 0 Å². The summed E-state index contributed by atoms with van der Waals surface area (Å²) in [5.74, 6) is -1.59. The van der Waals surface area contributed by atoms with Gasteiger partial charge in [0.15, 0.2) is 6.10 Å². The number of hydrogen-bond donors (Lipinski definition) is 6. The standard InChI is InChI=1S/C30H22O10/c31-15-5-1-13(2-6-15)26-21(36)11-18-19(34)12-23-25(27(18)39-26)30(29(38-23)14-3-7-16(32)8-4-14)28(37)24-20(35)9-17(33)10-22(24)40-30/h1-10,12,21,26,29,31-36H,11H2/t21?,26-,29+,30-/m1/s1. The minimum absolute atomic E-state index is 0.0121. The topological polar surface area (TPSA) is 166 Å². The third kappa shape index (κ3) is 3.23. The molecule has 4 atom stereocenters. The Morgan fingerprint density at radius 1 is 0.725 bits per heavy atom. The number of phenolic OH excluding ortho intramolecular Hbond substituents is 5. The summed E-state index contributed by atoms with van der Waals surface area (Å²) in [6, 6.07) is 15.6. The van der Waals surface area contributed by atoms with Crippen molar-refractivity contribution in [3.8, 4) is 46.0 Å². The Hall–Kier alpha value is -5.09. The number of carbonyl (C=O) groups is 1. The third-order valence-electron chi connectivity index (χ3n) is 7.64. The predicted molar refractivity (Wildman–Crippen MR) is 137 cm³/mol. The number of aromatic hydroxyl groups is 5. The summed E-state index contributed by atoms with van der Waals surface area (Å²) >= 11 is 0. The second-order valence-electron chi connectivity index (χ2n) is 10.1. The highest BCUT2D eigenvalue weighted by atomic mass is 16.6.